The van der Waals surface area contributed by atoms with Gasteiger partial charge in [0.2, 0.25) is 0 Å². The van der Waals surface area contributed by atoms with E-state index in [-0.39, 0.29) is 5.91 Å². The second kappa shape index (κ2) is 0.865. The number of nitrogens with zero attached hydrogens (tertiary/aromatic N) is 1. The predicted molar refractivity (Wildman–Crippen MR) is 27.4 cm³/mol. The standard InChI is InChI=1S/C4H3NOS/c6-4-3-1-5(4)2-7-3/h1H,2H2. The highest BCUT2D eigenvalue weighted by atomic mass is 32.2. The maximum atomic E-state index is 10.5. The van der Waals surface area contributed by atoms with Gasteiger partial charge in [0.15, 0.2) is 0 Å². The fourth-order valence-corrected chi connectivity index (χ4v) is 1.58. The lowest BCUT2D eigenvalue weighted by Crippen LogP contribution is -2.26. The summed E-state index contributed by atoms with van der Waals surface area (Å²) in [6.07, 6.45) is 1.88. The zero-order valence-electron chi connectivity index (χ0n) is 3.55. The summed E-state index contributed by atoms with van der Waals surface area (Å²) in [6.45, 7) is 0. The van der Waals surface area contributed by atoms with E-state index in [2.05, 4.69) is 0 Å². The molecule has 0 aromatic heterocycles. The Morgan fingerprint density at radius 2 is 2.71 bits per heavy atom. The fraction of sp³-hybridized carbons (Fsp3) is 0.250. The summed E-state index contributed by atoms with van der Waals surface area (Å²) in [7, 11) is 0. The molecule has 3 heteroatoms. The van der Waals surface area contributed by atoms with Gasteiger partial charge in [0.25, 0.3) is 5.91 Å². The van der Waals surface area contributed by atoms with Gasteiger partial charge < -0.3 is 4.90 Å². The van der Waals surface area contributed by atoms with Gasteiger partial charge in [-0.1, -0.05) is 11.8 Å². The molecule has 0 spiro atoms. The third-order valence-electron chi connectivity index (χ3n) is 1.10. The summed E-state index contributed by atoms with van der Waals surface area (Å²) in [5, 5.41) is 0. The number of carbonyl (C=O) groups is 1. The van der Waals surface area contributed by atoms with Crippen molar-refractivity contribution in [3.8, 4) is 0 Å². The van der Waals surface area contributed by atoms with Gasteiger partial charge in [-0.15, -0.1) is 0 Å². The molecule has 0 radical (unpaired) electrons. The minimum Gasteiger partial charge on any atom is -0.303 e. The van der Waals surface area contributed by atoms with E-state index in [4.69, 9.17) is 0 Å². The van der Waals surface area contributed by atoms with Crippen LogP contribution in [0.1, 0.15) is 0 Å². The van der Waals surface area contributed by atoms with Gasteiger partial charge in [-0.3, -0.25) is 4.79 Å². The van der Waals surface area contributed by atoms with Crippen molar-refractivity contribution in [1.29, 1.82) is 0 Å². The van der Waals surface area contributed by atoms with E-state index in [1.165, 1.54) is 0 Å². The zero-order valence-corrected chi connectivity index (χ0v) is 4.36. The molecule has 0 unspecified atom stereocenters. The minimum absolute atomic E-state index is 0.213. The summed E-state index contributed by atoms with van der Waals surface area (Å²) in [4.78, 5) is 13.1. The van der Waals surface area contributed by atoms with E-state index in [1.54, 1.807) is 16.7 Å². The average Bonchev–Trinajstić information content (AvgIpc) is 2.18. The lowest BCUT2D eigenvalue weighted by Gasteiger charge is -2.12. The smallest absolute Gasteiger partial charge is 0.266 e. The van der Waals surface area contributed by atoms with Crippen molar-refractivity contribution >= 4 is 17.7 Å². The molecule has 1 fully saturated rings. The SMILES string of the molecule is O=C1C2=CN1CS2. The molecule has 0 atom stereocenters. The maximum Gasteiger partial charge on any atom is 0.266 e. The maximum absolute atomic E-state index is 10.5. The topological polar surface area (TPSA) is 20.3 Å². The molecular formula is C4H3NOS. The number of hydrogen-bond acceptors (Lipinski definition) is 2. The second-order valence-electron chi connectivity index (χ2n) is 1.54. The van der Waals surface area contributed by atoms with Crippen molar-refractivity contribution in [3.05, 3.63) is 11.1 Å². The molecule has 1 amide bonds. The van der Waals surface area contributed by atoms with Gasteiger partial charge in [0.1, 0.15) is 0 Å². The predicted octanol–water partition coefficient (Wildman–Crippen LogP) is 0.374. The number of rotatable bonds is 0. The molecule has 3 rings (SSSR count). The van der Waals surface area contributed by atoms with Gasteiger partial charge in [-0.25, -0.2) is 0 Å². The van der Waals surface area contributed by atoms with Gasteiger partial charge in [0.05, 0.1) is 10.8 Å². The van der Waals surface area contributed by atoms with E-state index in [0.717, 1.165) is 10.8 Å². The lowest BCUT2D eigenvalue weighted by atomic mass is 10.4. The van der Waals surface area contributed by atoms with Crippen LogP contribution >= 0.6 is 11.8 Å². The van der Waals surface area contributed by atoms with Crippen LogP contribution in [0.15, 0.2) is 11.1 Å². The number of thioether (sulfide) groups is 1. The summed E-state index contributed by atoms with van der Waals surface area (Å²) in [5.41, 5.74) is 0. The third kappa shape index (κ3) is 0.257. The van der Waals surface area contributed by atoms with Crippen molar-refractivity contribution in [1.82, 2.24) is 4.90 Å². The zero-order chi connectivity index (χ0) is 4.85. The first-order valence-corrected chi connectivity index (χ1v) is 3.02. The van der Waals surface area contributed by atoms with Crippen LogP contribution in [0.5, 0.6) is 0 Å². The van der Waals surface area contributed by atoms with E-state index >= 15 is 0 Å². The number of fused-ring (bicyclic) bond motifs is 1. The molecule has 3 heterocycles. The highest BCUT2D eigenvalue weighted by molar-refractivity contribution is 8.04. The Balaban J connectivity index is 2.49. The van der Waals surface area contributed by atoms with Gasteiger partial charge in [0, 0.05) is 6.20 Å². The minimum atomic E-state index is 0.213. The first kappa shape index (κ1) is 3.55. The van der Waals surface area contributed by atoms with Gasteiger partial charge in [-0.05, 0) is 0 Å². The molecule has 0 aromatic carbocycles. The molecule has 2 bridgehead atoms. The average molecular weight is 113 g/mol. The molecule has 3 aliphatic rings. The Kier molecular flexibility index (Phi) is 0.439. The third-order valence-corrected chi connectivity index (χ3v) is 2.10. The Morgan fingerprint density at radius 3 is 2.86 bits per heavy atom. The molecule has 1 saturated heterocycles. The van der Waals surface area contributed by atoms with E-state index in [1.807, 2.05) is 6.20 Å². The Labute approximate surface area is 45.2 Å². The number of carbonyl (C=O) groups excluding carboxylic acids is 1. The fourth-order valence-electron chi connectivity index (χ4n) is 0.665. The summed E-state index contributed by atoms with van der Waals surface area (Å²) >= 11 is 1.62. The Hall–Kier alpha value is -0.440. The van der Waals surface area contributed by atoms with E-state index < -0.39 is 0 Å². The monoisotopic (exact) mass is 113 g/mol. The molecule has 0 aliphatic carbocycles. The van der Waals surface area contributed by atoms with Crippen molar-refractivity contribution < 1.29 is 4.79 Å². The summed E-state index contributed by atoms with van der Waals surface area (Å²) < 4.78 is 0. The number of amides is 1. The lowest BCUT2D eigenvalue weighted by molar-refractivity contribution is -0.125. The summed E-state index contributed by atoms with van der Waals surface area (Å²) in [5.74, 6) is 1.07. The van der Waals surface area contributed by atoms with Crippen LogP contribution in [-0.2, 0) is 4.79 Å². The molecule has 0 N–H and O–H groups in total. The summed E-state index contributed by atoms with van der Waals surface area (Å²) in [6, 6.07) is 0. The molecule has 2 nitrogen and oxygen atoms in total. The van der Waals surface area contributed by atoms with Crippen LogP contribution in [-0.4, -0.2) is 16.7 Å². The highest BCUT2D eigenvalue weighted by Crippen LogP contribution is 2.36. The van der Waals surface area contributed by atoms with Crippen molar-refractivity contribution in [3.63, 3.8) is 0 Å². The van der Waals surface area contributed by atoms with Crippen LogP contribution in [0.2, 0.25) is 0 Å². The molecule has 0 saturated carbocycles. The van der Waals surface area contributed by atoms with Crippen molar-refractivity contribution in [2.75, 3.05) is 5.88 Å². The molecule has 0 aromatic rings. The molecule has 7 heavy (non-hydrogen) atoms. The van der Waals surface area contributed by atoms with Crippen molar-refractivity contribution in [2.24, 2.45) is 0 Å². The van der Waals surface area contributed by atoms with Crippen LogP contribution in [0.4, 0.5) is 0 Å². The van der Waals surface area contributed by atoms with E-state index in [0.29, 0.717) is 0 Å². The Morgan fingerprint density at radius 1 is 1.86 bits per heavy atom. The highest BCUT2D eigenvalue weighted by Gasteiger charge is 2.34. The number of hydrogen-bond donors (Lipinski definition) is 0. The quantitative estimate of drug-likeness (QED) is 0.452. The van der Waals surface area contributed by atoms with Gasteiger partial charge in [-0.2, -0.15) is 0 Å². The normalized spacial score (nSPS) is 24.9. The molecule has 36 valence electrons. The van der Waals surface area contributed by atoms with Crippen molar-refractivity contribution in [2.45, 2.75) is 0 Å². The largest absolute Gasteiger partial charge is 0.303 e. The first-order chi connectivity index (χ1) is 3.38. The van der Waals surface area contributed by atoms with Gasteiger partial charge >= 0.3 is 0 Å². The van der Waals surface area contributed by atoms with Crippen LogP contribution < -0.4 is 0 Å². The molecule has 3 aliphatic heterocycles. The van der Waals surface area contributed by atoms with Crippen LogP contribution in [0.3, 0.4) is 0 Å². The Bertz CT molecular complexity index is 163. The van der Waals surface area contributed by atoms with Crippen LogP contribution in [0, 0.1) is 0 Å². The first-order valence-electron chi connectivity index (χ1n) is 2.03. The van der Waals surface area contributed by atoms with Crippen LogP contribution in [0.25, 0.3) is 0 Å². The van der Waals surface area contributed by atoms with E-state index in [9.17, 15) is 4.79 Å². The second-order valence-corrected chi connectivity index (χ2v) is 2.53. The molecular weight excluding hydrogens is 110 g/mol.